The van der Waals surface area contributed by atoms with Crippen molar-refractivity contribution in [3.63, 3.8) is 0 Å². The van der Waals surface area contributed by atoms with Gasteiger partial charge in [-0.05, 0) is 0 Å². The van der Waals surface area contributed by atoms with Crippen LogP contribution in [0.1, 0.15) is 0 Å². The van der Waals surface area contributed by atoms with Crippen LogP contribution in [0, 0.1) is 0 Å². The third kappa shape index (κ3) is 1.97. The zero-order valence-corrected chi connectivity index (χ0v) is 6.77. The molecule has 1 aliphatic rings. The lowest BCUT2D eigenvalue weighted by Crippen LogP contribution is -2.48. The van der Waals surface area contributed by atoms with E-state index in [1.54, 1.807) is 0 Å². The standard InChI is InChI=1S/C7H13ClN2/c1-2-4-10-5-3-9-6-7(10)8/h2,7,9H,1,3-6H2. The second-order valence-corrected chi connectivity index (χ2v) is 2.93. The average molecular weight is 161 g/mol. The maximum Gasteiger partial charge on any atom is 0.0979 e. The number of nitrogens with one attached hydrogen (secondary N) is 1. The molecule has 1 aliphatic heterocycles. The Morgan fingerprint density at radius 2 is 2.60 bits per heavy atom. The largest absolute Gasteiger partial charge is 0.313 e. The fraction of sp³-hybridized carbons (Fsp3) is 0.714. The van der Waals surface area contributed by atoms with Gasteiger partial charge in [-0.25, -0.2) is 0 Å². The Balaban J connectivity index is 2.32. The predicted molar refractivity (Wildman–Crippen MR) is 44.3 cm³/mol. The summed E-state index contributed by atoms with van der Waals surface area (Å²) >= 11 is 5.98. The Bertz CT molecular complexity index is 116. The first-order chi connectivity index (χ1) is 4.84. The first-order valence-electron chi connectivity index (χ1n) is 3.54. The summed E-state index contributed by atoms with van der Waals surface area (Å²) in [6, 6.07) is 0. The van der Waals surface area contributed by atoms with Gasteiger partial charge in [0.2, 0.25) is 0 Å². The lowest BCUT2D eigenvalue weighted by atomic mass is 10.3. The Morgan fingerprint density at radius 1 is 1.80 bits per heavy atom. The third-order valence-electron chi connectivity index (χ3n) is 1.65. The molecule has 3 heteroatoms. The normalized spacial score (nSPS) is 28.3. The molecule has 2 nitrogen and oxygen atoms in total. The van der Waals surface area contributed by atoms with Gasteiger partial charge in [0.15, 0.2) is 0 Å². The van der Waals surface area contributed by atoms with Crippen LogP contribution in [0.25, 0.3) is 0 Å². The molecule has 0 amide bonds. The highest BCUT2D eigenvalue weighted by molar-refractivity contribution is 6.20. The van der Waals surface area contributed by atoms with Crippen molar-refractivity contribution < 1.29 is 0 Å². The van der Waals surface area contributed by atoms with E-state index in [2.05, 4.69) is 16.8 Å². The van der Waals surface area contributed by atoms with Crippen molar-refractivity contribution in [2.75, 3.05) is 26.2 Å². The number of nitrogens with zero attached hydrogens (tertiary/aromatic N) is 1. The fourth-order valence-corrected chi connectivity index (χ4v) is 1.37. The van der Waals surface area contributed by atoms with Gasteiger partial charge < -0.3 is 5.32 Å². The number of rotatable bonds is 2. The monoisotopic (exact) mass is 160 g/mol. The van der Waals surface area contributed by atoms with E-state index < -0.39 is 0 Å². The predicted octanol–water partition coefficient (Wildman–Crippen LogP) is 0.642. The van der Waals surface area contributed by atoms with Crippen LogP contribution in [-0.2, 0) is 0 Å². The molecule has 1 heterocycles. The van der Waals surface area contributed by atoms with Crippen molar-refractivity contribution in [1.82, 2.24) is 10.2 Å². The second-order valence-electron chi connectivity index (χ2n) is 2.42. The van der Waals surface area contributed by atoms with Crippen LogP contribution >= 0.6 is 11.6 Å². The van der Waals surface area contributed by atoms with Crippen LogP contribution in [0.5, 0.6) is 0 Å². The van der Waals surface area contributed by atoms with Crippen LogP contribution in [0.4, 0.5) is 0 Å². The molecule has 0 aromatic heterocycles. The van der Waals surface area contributed by atoms with Gasteiger partial charge >= 0.3 is 0 Å². The van der Waals surface area contributed by atoms with E-state index >= 15 is 0 Å². The van der Waals surface area contributed by atoms with Crippen LogP contribution in [0.2, 0.25) is 0 Å². The molecular formula is C7H13ClN2. The number of halogens is 1. The Kier molecular flexibility index (Phi) is 3.19. The molecular weight excluding hydrogens is 148 g/mol. The summed E-state index contributed by atoms with van der Waals surface area (Å²) in [6.07, 6.45) is 1.89. The molecule has 0 aromatic carbocycles. The van der Waals surface area contributed by atoms with Gasteiger partial charge in [-0.2, -0.15) is 0 Å². The molecule has 1 fully saturated rings. The molecule has 1 saturated heterocycles. The van der Waals surface area contributed by atoms with E-state index in [4.69, 9.17) is 11.6 Å². The molecule has 0 bridgehead atoms. The summed E-state index contributed by atoms with van der Waals surface area (Å²) in [6.45, 7) is 7.52. The van der Waals surface area contributed by atoms with Gasteiger partial charge in [0.1, 0.15) is 0 Å². The van der Waals surface area contributed by atoms with Crippen LogP contribution in [0.3, 0.4) is 0 Å². The highest BCUT2D eigenvalue weighted by Crippen LogP contribution is 2.05. The zero-order chi connectivity index (χ0) is 7.40. The van der Waals surface area contributed by atoms with Crippen molar-refractivity contribution in [2.45, 2.75) is 5.50 Å². The second kappa shape index (κ2) is 3.96. The minimum atomic E-state index is 0.145. The lowest BCUT2D eigenvalue weighted by Gasteiger charge is -2.30. The van der Waals surface area contributed by atoms with Crippen molar-refractivity contribution in [3.8, 4) is 0 Å². The number of piperazine rings is 1. The first-order valence-corrected chi connectivity index (χ1v) is 3.98. The van der Waals surface area contributed by atoms with Gasteiger partial charge in [-0.15, -0.1) is 18.2 Å². The molecule has 10 heavy (non-hydrogen) atoms. The molecule has 0 aromatic rings. The van der Waals surface area contributed by atoms with Crippen molar-refractivity contribution in [3.05, 3.63) is 12.7 Å². The number of hydrogen-bond acceptors (Lipinski definition) is 2. The van der Waals surface area contributed by atoms with E-state index in [0.717, 1.165) is 26.2 Å². The molecule has 0 aliphatic carbocycles. The summed E-state index contributed by atoms with van der Waals surface area (Å²) in [7, 11) is 0. The average Bonchev–Trinajstić information content (AvgIpc) is 1.94. The van der Waals surface area contributed by atoms with Crippen molar-refractivity contribution >= 4 is 11.6 Å². The van der Waals surface area contributed by atoms with E-state index in [-0.39, 0.29) is 5.50 Å². The zero-order valence-electron chi connectivity index (χ0n) is 6.02. The minimum Gasteiger partial charge on any atom is -0.313 e. The molecule has 1 rings (SSSR count). The Hall–Kier alpha value is -0.0500. The Labute approximate surface area is 66.8 Å². The molecule has 0 saturated carbocycles. The molecule has 0 radical (unpaired) electrons. The molecule has 1 atom stereocenters. The highest BCUT2D eigenvalue weighted by Gasteiger charge is 2.17. The minimum absolute atomic E-state index is 0.145. The van der Waals surface area contributed by atoms with E-state index in [0.29, 0.717) is 0 Å². The van der Waals surface area contributed by atoms with Crippen LogP contribution in [-0.4, -0.2) is 36.6 Å². The summed E-state index contributed by atoms with van der Waals surface area (Å²) in [5.74, 6) is 0. The smallest absolute Gasteiger partial charge is 0.0979 e. The highest BCUT2D eigenvalue weighted by atomic mass is 35.5. The first kappa shape index (κ1) is 8.05. The van der Waals surface area contributed by atoms with E-state index in [1.807, 2.05) is 6.08 Å². The van der Waals surface area contributed by atoms with Crippen molar-refractivity contribution in [2.24, 2.45) is 0 Å². The summed E-state index contributed by atoms with van der Waals surface area (Å²) in [5, 5.41) is 3.21. The summed E-state index contributed by atoms with van der Waals surface area (Å²) < 4.78 is 0. The number of hydrogen-bond donors (Lipinski definition) is 1. The molecule has 58 valence electrons. The topological polar surface area (TPSA) is 15.3 Å². The molecule has 1 unspecified atom stereocenters. The van der Waals surface area contributed by atoms with Crippen molar-refractivity contribution in [1.29, 1.82) is 0 Å². The Morgan fingerprint density at radius 3 is 3.20 bits per heavy atom. The van der Waals surface area contributed by atoms with Gasteiger partial charge in [-0.3, -0.25) is 4.90 Å². The maximum atomic E-state index is 5.98. The van der Waals surface area contributed by atoms with E-state index in [9.17, 15) is 0 Å². The maximum absolute atomic E-state index is 5.98. The third-order valence-corrected chi connectivity index (χ3v) is 2.08. The van der Waals surface area contributed by atoms with Gasteiger partial charge in [0.05, 0.1) is 5.50 Å². The van der Waals surface area contributed by atoms with Gasteiger partial charge in [-0.1, -0.05) is 6.08 Å². The molecule has 0 spiro atoms. The van der Waals surface area contributed by atoms with E-state index in [1.165, 1.54) is 0 Å². The quantitative estimate of drug-likeness (QED) is 0.363. The van der Waals surface area contributed by atoms with Crippen LogP contribution in [0.15, 0.2) is 12.7 Å². The molecule has 1 N–H and O–H groups in total. The number of alkyl halides is 1. The lowest BCUT2D eigenvalue weighted by molar-refractivity contribution is 0.236. The van der Waals surface area contributed by atoms with Gasteiger partial charge in [0.25, 0.3) is 0 Å². The van der Waals surface area contributed by atoms with Crippen LogP contribution < -0.4 is 5.32 Å². The fourth-order valence-electron chi connectivity index (χ4n) is 1.08. The van der Waals surface area contributed by atoms with Gasteiger partial charge in [0, 0.05) is 26.2 Å². The summed E-state index contributed by atoms with van der Waals surface area (Å²) in [5.41, 5.74) is 0.145. The SMILES string of the molecule is C=CCN1CCNCC1Cl. The summed E-state index contributed by atoms with van der Waals surface area (Å²) in [4.78, 5) is 2.20.